The van der Waals surface area contributed by atoms with E-state index in [1.54, 1.807) is 0 Å². The highest BCUT2D eigenvalue weighted by Crippen LogP contribution is 2.27. The van der Waals surface area contributed by atoms with E-state index >= 15 is 0 Å². The van der Waals surface area contributed by atoms with Crippen LogP contribution in [-0.2, 0) is 38.1 Å². The summed E-state index contributed by atoms with van der Waals surface area (Å²) in [6, 6.07) is 0.895. The Morgan fingerprint density at radius 2 is 1.62 bits per heavy atom. The van der Waals surface area contributed by atoms with E-state index in [-0.39, 0.29) is 13.0 Å². The van der Waals surface area contributed by atoms with Gasteiger partial charge in [0.2, 0.25) is 0 Å². The molecule has 0 aromatic rings. The van der Waals surface area contributed by atoms with E-state index in [0.29, 0.717) is 6.61 Å². The first-order valence-corrected chi connectivity index (χ1v) is 12.4. The van der Waals surface area contributed by atoms with Gasteiger partial charge in [-0.05, 0) is 6.04 Å². The lowest BCUT2D eigenvalue weighted by Crippen LogP contribution is -2.54. The van der Waals surface area contributed by atoms with Gasteiger partial charge in [-0.25, -0.2) is 0 Å². The zero-order valence-electron chi connectivity index (χ0n) is 16.4. The van der Waals surface area contributed by atoms with Crippen LogP contribution in [0.5, 0.6) is 0 Å². The molecule has 9 heteroatoms. The monoisotopic (exact) mass is 390 g/mol. The largest absolute Gasteiger partial charge is 0.463 e. The Labute approximate surface area is 155 Å². The molecule has 150 valence electrons. The molecule has 0 radical (unpaired) electrons. The zero-order valence-corrected chi connectivity index (χ0v) is 17.4. The third-order valence-electron chi connectivity index (χ3n) is 3.68. The van der Waals surface area contributed by atoms with Crippen LogP contribution >= 0.6 is 0 Å². The van der Waals surface area contributed by atoms with E-state index in [2.05, 4.69) is 19.6 Å². The summed E-state index contributed by atoms with van der Waals surface area (Å²) >= 11 is 0. The van der Waals surface area contributed by atoms with E-state index in [9.17, 15) is 14.4 Å². The molecule has 4 atom stereocenters. The van der Waals surface area contributed by atoms with Gasteiger partial charge >= 0.3 is 17.9 Å². The molecule has 0 N–H and O–H groups in total. The van der Waals surface area contributed by atoms with Crippen LogP contribution in [-0.4, -0.2) is 63.8 Å². The van der Waals surface area contributed by atoms with Gasteiger partial charge < -0.3 is 23.7 Å². The SMILES string of the molecule is CC(=O)OC[C@@H]1C[C@H](OC(C)=O)[C@@H](OC(C)=O)[C@H](OCC[Si](C)(C)C)O1. The standard InChI is InChI=1S/C17H30O8Si/c1-11(18)22-10-14-9-15(23-12(2)19)16(24-13(3)20)17(25-14)21-7-8-26(4,5)6/h14-17H,7-10H2,1-6H3/t14-,15-,16+,17+/m0/s1. The second-order valence-corrected chi connectivity index (χ2v) is 13.2. The van der Waals surface area contributed by atoms with Gasteiger partial charge in [0.05, 0.1) is 6.10 Å². The molecule has 1 saturated heterocycles. The highest BCUT2D eigenvalue weighted by molar-refractivity contribution is 6.76. The number of hydrogen-bond donors (Lipinski definition) is 0. The number of carbonyl (C=O) groups excluding carboxylic acids is 3. The maximum atomic E-state index is 11.5. The van der Waals surface area contributed by atoms with Gasteiger partial charge in [-0.15, -0.1) is 0 Å². The lowest BCUT2D eigenvalue weighted by atomic mass is 10.0. The van der Waals surface area contributed by atoms with Crippen molar-refractivity contribution in [1.82, 2.24) is 0 Å². The van der Waals surface area contributed by atoms with Crippen molar-refractivity contribution in [3.63, 3.8) is 0 Å². The minimum Gasteiger partial charge on any atom is -0.463 e. The highest BCUT2D eigenvalue weighted by atomic mass is 28.3. The van der Waals surface area contributed by atoms with Crippen molar-refractivity contribution < 1.29 is 38.1 Å². The van der Waals surface area contributed by atoms with Crippen LogP contribution in [0.1, 0.15) is 27.2 Å². The van der Waals surface area contributed by atoms with Crippen LogP contribution in [0.3, 0.4) is 0 Å². The van der Waals surface area contributed by atoms with Gasteiger partial charge in [-0.1, -0.05) is 19.6 Å². The molecule has 0 spiro atoms. The van der Waals surface area contributed by atoms with Gasteiger partial charge in [-0.2, -0.15) is 0 Å². The summed E-state index contributed by atoms with van der Waals surface area (Å²) in [4.78, 5) is 34.0. The van der Waals surface area contributed by atoms with Crippen molar-refractivity contribution in [3.05, 3.63) is 0 Å². The Balaban J connectivity index is 2.88. The molecule has 26 heavy (non-hydrogen) atoms. The van der Waals surface area contributed by atoms with Crippen molar-refractivity contribution in [1.29, 1.82) is 0 Å². The second-order valence-electron chi connectivity index (χ2n) is 7.57. The van der Waals surface area contributed by atoms with Crippen LogP contribution in [0.2, 0.25) is 25.7 Å². The number of hydrogen-bond acceptors (Lipinski definition) is 8. The Hall–Kier alpha value is -1.45. The topological polar surface area (TPSA) is 97.4 Å². The van der Waals surface area contributed by atoms with E-state index in [4.69, 9.17) is 23.7 Å². The molecule has 1 fully saturated rings. The van der Waals surface area contributed by atoms with Crippen molar-refractivity contribution >= 4 is 26.0 Å². The number of esters is 3. The predicted octanol–water partition coefficient (Wildman–Crippen LogP) is 1.88. The third-order valence-corrected chi connectivity index (χ3v) is 5.39. The molecule has 1 aliphatic rings. The van der Waals surface area contributed by atoms with Crippen molar-refractivity contribution in [2.24, 2.45) is 0 Å². The minimum absolute atomic E-state index is 0.00771. The molecule has 1 rings (SSSR count). The first-order chi connectivity index (χ1) is 12.0. The van der Waals surface area contributed by atoms with Crippen molar-refractivity contribution in [2.45, 2.75) is 77.5 Å². The third kappa shape index (κ3) is 8.77. The van der Waals surface area contributed by atoms with Crippen LogP contribution in [0, 0.1) is 0 Å². The molecule has 0 unspecified atom stereocenters. The molecule has 8 nitrogen and oxygen atoms in total. The van der Waals surface area contributed by atoms with E-state index in [1.165, 1.54) is 20.8 Å². The Kier molecular flexibility index (Phi) is 8.71. The van der Waals surface area contributed by atoms with Gasteiger partial charge in [-0.3, -0.25) is 14.4 Å². The molecule has 1 aliphatic heterocycles. The molecule has 0 saturated carbocycles. The molecule has 0 aromatic heterocycles. The fourth-order valence-corrected chi connectivity index (χ4v) is 3.21. The molecule has 0 amide bonds. The van der Waals surface area contributed by atoms with E-state index in [0.717, 1.165) is 6.04 Å². The maximum absolute atomic E-state index is 11.5. The molecule has 1 heterocycles. The van der Waals surface area contributed by atoms with Crippen LogP contribution in [0.15, 0.2) is 0 Å². The number of rotatable bonds is 8. The lowest BCUT2D eigenvalue weighted by molar-refractivity contribution is -0.278. The average molecular weight is 391 g/mol. The van der Waals surface area contributed by atoms with Gasteiger partial charge in [0.25, 0.3) is 0 Å². The minimum atomic E-state index is -1.33. The van der Waals surface area contributed by atoms with E-state index in [1.807, 2.05) is 0 Å². The molecule has 0 aromatic carbocycles. The summed E-state index contributed by atoms with van der Waals surface area (Å²) in [6.45, 7) is 10.9. The Morgan fingerprint density at radius 1 is 1.00 bits per heavy atom. The molecule has 0 bridgehead atoms. The smallest absolute Gasteiger partial charge is 0.303 e. The Morgan fingerprint density at radius 3 is 2.12 bits per heavy atom. The van der Waals surface area contributed by atoms with Gasteiger partial charge in [0.15, 0.2) is 12.4 Å². The lowest BCUT2D eigenvalue weighted by Gasteiger charge is -2.40. The number of carbonyl (C=O) groups is 3. The predicted molar refractivity (Wildman–Crippen MR) is 95.1 cm³/mol. The van der Waals surface area contributed by atoms with Gasteiger partial charge in [0.1, 0.15) is 12.7 Å². The van der Waals surface area contributed by atoms with Crippen LogP contribution in [0.4, 0.5) is 0 Å². The summed E-state index contributed by atoms with van der Waals surface area (Å²) in [5.74, 6) is -1.45. The molecular formula is C17H30O8Si. The summed E-state index contributed by atoms with van der Waals surface area (Å²) in [5.41, 5.74) is 0. The summed E-state index contributed by atoms with van der Waals surface area (Å²) in [6.07, 6.45) is -2.78. The molecular weight excluding hydrogens is 360 g/mol. The summed E-state index contributed by atoms with van der Waals surface area (Å²) < 4.78 is 27.3. The highest BCUT2D eigenvalue weighted by Gasteiger charge is 2.44. The average Bonchev–Trinajstić information content (AvgIpc) is 2.46. The Bertz CT molecular complexity index is 501. The van der Waals surface area contributed by atoms with Gasteiger partial charge in [0, 0.05) is 41.9 Å². The summed E-state index contributed by atoms with van der Waals surface area (Å²) in [7, 11) is -1.33. The number of ether oxygens (including phenoxy) is 5. The second kappa shape index (κ2) is 10.0. The van der Waals surface area contributed by atoms with Crippen molar-refractivity contribution in [2.75, 3.05) is 13.2 Å². The first-order valence-electron chi connectivity index (χ1n) is 8.73. The van der Waals surface area contributed by atoms with Crippen molar-refractivity contribution in [3.8, 4) is 0 Å². The van der Waals surface area contributed by atoms with E-state index < -0.39 is 50.6 Å². The normalized spacial score (nSPS) is 26.1. The van der Waals surface area contributed by atoms with Crippen LogP contribution in [0.25, 0.3) is 0 Å². The first kappa shape index (κ1) is 22.6. The zero-order chi connectivity index (χ0) is 19.9. The van der Waals surface area contributed by atoms with Crippen LogP contribution < -0.4 is 0 Å². The fraction of sp³-hybridized carbons (Fsp3) is 0.824. The summed E-state index contributed by atoms with van der Waals surface area (Å²) in [5, 5.41) is 0. The molecule has 0 aliphatic carbocycles. The quantitative estimate of drug-likeness (QED) is 0.352. The fourth-order valence-electron chi connectivity index (χ4n) is 2.48. The maximum Gasteiger partial charge on any atom is 0.303 e.